The molecular formula is C43H27N5OPt. The summed E-state index contributed by atoms with van der Waals surface area (Å²) in [6, 6.07) is 53.6. The molecule has 0 radical (unpaired) electrons. The van der Waals surface area contributed by atoms with Crippen LogP contribution in [-0.2, 0) is 28.1 Å². The molecule has 4 heterocycles. The van der Waals surface area contributed by atoms with E-state index in [1.165, 1.54) is 0 Å². The SMILES string of the molecule is Cn1ccc(-c2[c-]c(N(c3[c-]c4c(cc3)c3ccccc3n4-c3ccccn3)c3c4ccccc4cc4c3oc3ccccc34)ccc2)n1.[Pt+2]. The van der Waals surface area contributed by atoms with Crippen LogP contribution in [0.4, 0.5) is 17.1 Å². The maximum atomic E-state index is 6.76. The van der Waals surface area contributed by atoms with Crippen LogP contribution in [0, 0.1) is 12.1 Å². The van der Waals surface area contributed by atoms with Gasteiger partial charge in [0.25, 0.3) is 0 Å². The average molecular weight is 825 g/mol. The zero-order chi connectivity index (χ0) is 32.5. The van der Waals surface area contributed by atoms with Crippen LogP contribution in [0.25, 0.3) is 71.6 Å². The first-order valence-corrected chi connectivity index (χ1v) is 16.2. The van der Waals surface area contributed by atoms with E-state index in [2.05, 4.69) is 119 Å². The molecule has 7 heteroatoms. The Balaban J connectivity index is 0.00000336. The van der Waals surface area contributed by atoms with E-state index in [9.17, 15) is 0 Å². The Morgan fingerprint density at radius 1 is 0.660 bits per heavy atom. The molecule has 10 rings (SSSR count). The van der Waals surface area contributed by atoms with E-state index >= 15 is 0 Å². The van der Waals surface area contributed by atoms with E-state index in [4.69, 9.17) is 14.5 Å². The van der Waals surface area contributed by atoms with Crippen LogP contribution in [0.15, 0.2) is 150 Å². The first-order valence-electron chi connectivity index (χ1n) is 16.2. The Morgan fingerprint density at radius 2 is 1.44 bits per heavy atom. The van der Waals surface area contributed by atoms with Gasteiger partial charge in [-0.2, -0.15) is 6.07 Å². The number of hydrogen-bond acceptors (Lipinski definition) is 4. The van der Waals surface area contributed by atoms with Gasteiger partial charge < -0.3 is 13.9 Å². The van der Waals surface area contributed by atoms with Crippen molar-refractivity contribution >= 4 is 71.6 Å². The van der Waals surface area contributed by atoms with Gasteiger partial charge in [0, 0.05) is 46.8 Å². The topological polar surface area (TPSA) is 52.0 Å². The number of aryl methyl sites for hydroxylation is 1. The van der Waals surface area contributed by atoms with Crippen LogP contribution in [0.1, 0.15) is 0 Å². The Bertz CT molecular complexity index is 2870. The van der Waals surface area contributed by atoms with Gasteiger partial charge in [-0.25, -0.2) is 10.1 Å². The second-order valence-corrected chi connectivity index (χ2v) is 12.2. The molecule has 0 aliphatic carbocycles. The zero-order valence-corrected chi connectivity index (χ0v) is 29.1. The van der Waals surface area contributed by atoms with Crippen LogP contribution < -0.4 is 4.90 Å². The van der Waals surface area contributed by atoms with E-state index in [1.54, 1.807) is 0 Å². The number of benzene rings is 6. The van der Waals surface area contributed by atoms with Crippen LogP contribution >= 0.6 is 0 Å². The molecule has 0 aliphatic rings. The van der Waals surface area contributed by atoms with Crippen molar-refractivity contribution in [3.05, 3.63) is 158 Å². The first-order chi connectivity index (χ1) is 24.2. The van der Waals surface area contributed by atoms with Gasteiger partial charge in [0.05, 0.1) is 5.69 Å². The fraction of sp³-hybridized carbons (Fsp3) is 0.0233. The molecule has 50 heavy (non-hydrogen) atoms. The summed E-state index contributed by atoms with van der Waals surface area (Å²) >= 11 is 0. The largest absolute Gasteiger partial charge is 2.00 e. The van der Waals surface area contributed by atoms with Gasteiger partial charge in [0.1, 0.15) is 11.4 Å². The Morgan fingerprint density at radius 3 is 2.28 bits per heavy atom. The number of fused-ring (bicyclic) bond motifs is 7. The summed E-state index contributed by atoms with van der Waals surface area (Å²) in [5, 5.41) is 11.2. The Hall–Kier alpha value is -5.97. The maximum absolute atomic E-state index is 6.76. The Labute approximate surface area is 302 Å². The predicted molar refractivity (Wildman–Crippen MR) is 198 cm³/mol. The molecule has 0 unspecified atom stereocenters. The number of nitrogens with zero attached hydrogens (tertiary/aromatic N) is 5. The van der Waals surface area contributed by atoms with Gasteiger partial charge >= 0.3 is 21.1 Å². The quantitative estimate of drug-likeness (QED) is 0.162. The molecular weight excluding hydrogens is 798 g/mol. The van der Waals surface area contributed by atoms with Crippen molar-refractivity contribution in [3.8, 4) is 17.1 Å². The van der Waals surface area contributed by atoms with Crippen molar-refractivity contribution < 1.29 is 25.5 Å². The standard InChI is InChI=1S/C43H27N5O.Pt/c1-46-24-22-37(45-46)29-12-10-13-30(25-29)47(42-32-14-3-2-11-28(32)26-36-35-16-5-7-18-40(35)49-43(36)42)31-20-21-34-33-15-4-6-17-38(33)48(39(34)27-31)41-19-8-9-23-44-41;/h2-24,26H,1H3;/q-2;+2. The summed E-state index contributed by atoms with van der Waals surface area (Å²) in [5.41, 5.74) is 8.02. The third-order valence-electron chi connectivity index (χ3n) is 9.29. The third-order valence-corrected chi connectivity index (χ3v) is 9.29. The molecule has 0 bridgehead atoms. The third kappa shape index (κ3) is 4.67. The molecule has 0 saturated carbocycles. The number of aromatic nitrogens is 4. The number of hydrogen-bond donors (Lipinski definition) is 0. The minimum atomic E-state index is 0. The summed E-state index contributed by atoms with van der Waals surface area (Å²) in [7, 11) is 1.93. The minimum Gasteiger partial charge on any atom is -0.454 e. The number of furan rings is 1. The number of anilines is 3. The molecule has 0 spiro atoms. The van der Waals surface area contributed by atoms with Gasteiger partial charge in [-0.3, -0.25) is 4.68 Å². The molecule has 6 aromatic carbocycles. The maximum Gasteiger partial charge on any atom is 2.00 e. The molecule has 0 fully saturated rings. The van der Waals surface area contributed by atoms with E-state index < -0.39 is 0 Å². The molecule has 0 amide bonds. The van der Waals surface area contributed by atoms with Crippen molar-refractivity contribution in [1.82, 2.24) is 19.3 Å². The molecule has 4 aromatic heterocycles. The minimum absolute atomic E-state index is 0. The summed E-state index contributed by atoms with van der Waals surface area (Å²) in [4.78, 5) is 7.00. The second-order valence-electron chi connectivity index (χ2n) is 12.2. The molecule has 240 valence electrons. The first kappa shape index (κ1) is 30.1. The second kappa shape index (κ2) is 11.9. The van der Waals surface area contributed by atoms with Gasteiger partial charge in [0.2, 0.25) is 0 Å². The molecule has 10 aromatic rings. The molecule has 0 saturated heterocycles. The van der Waals surface area contributed by atoms with Gasteiger partial charge in [0.15, 0.2) is 5.58 Å². The van der Waals surface area contributed by atoms with E-state index in [1.807, 2.05) is 60.5 Å². The summed E-state index contributed by atoms with van der Waals surface area (Å²) in [5.74, 6) is 0.835. The number of pyridine rings is 1. The monoisotopic (exact) mass is 824 g/mol. The molecule has 6 nitrogen and oxygen atoms in total. The van der Waals surface area contributed by atoms with Crippen molar-refractivity contribution in [3.63, 3.8) is 0 Å². The van der Waals surface area contributed by atoms with Gasteiger partial charge in [-0.1, -0.05) is 84.0 Å². The van der Waals surface area contributed by atoms with Gasteiger partial charge in [-0.15, -0.1) is 47.3 Å². The predicted octanol–water partition coefficient (Wildman–Crippen LogP) is 10.7. The van der Waals surface area contributed by atoms with E-state index in [0.717, 1.165) is 88.7 Å². The van der Waals surface area contributed by atoms with E-state index in [0.29, 0.717) is 0 Å². The van der Waals surface area contributed by atoms with Crippen molar-refractivity contribution in [2.45, 2.75) is 0 Å². The van der Waals surface area contributed by atoms with Crippen molar-refractivity contribution in [2.75, 3.05) is 4.90 Å². The smallest absolute Gasteiger partial charge is 0.454 e. The van der Waals surface area contributed by atoms with Crippen LogP contribution in [0.3, 0.4) is 0 Å². The van der Waals surface area contributed by atoms with Crippen LogP contribution in [0.2, 0.25) is 0 Å². The summed E-state index contributed by atoms with van der Waals surface area (Å²) < 4.78 is 10.8. The number of rotatable bonds is 5. The van der Waals surface area contributed by atoms with E-state index in [-0.39, 0.29) is 21.1 Å². The molecule has 0 atom stereocenters. The Kier molecular flexibility index (Phi) is 7.15. The fourth-order valence-corrected chi connectivity index (χ4v) is 7.13. The zero-order valence-electron chi connectivity index (χ0n) is 26.8. The molecule has 0 aliphatic heterocycles. The van der Waals surface area contributed by atoms with Crippen LogP contribution in [0.5, 0.6) is 0 Å². The summed E-state index contributed by atoms with van der Waals surface area (Å²) in [6.07, 6.45) is 3.78. The van der Waals surface area contributed by atoms with Crippen LogP contribution in [-0.4, -0.2) is 19.3 Å². The van der Waals surface area contributed by atoms with Crippen molar-refractivity contribution in [1.29, 1.82) is 0 Å². The fourth-order valence-electron chi connectivity index (χ4n) is 7.13. The average Bonchev–Trinajstić information content (AvgIpc) is 3.85. The molecule has 0 N–H and O–H groups in total. The van der Waals surface area contributed by atoms with Crippen molar-refractivity contribution in [2.24, 2.45) is 7.05 Å². The summed E-state index contributed by atoms with van der Waals surface area (Å²) in [6.45, 7) is 0. The normalized spacial score (nSPS) is 11.5. The number of para-hydroxylation sites is 2. The van der Waals surface area contributed by atoms with Gasteiger partial charge in [-0.05, 0) is 46.8 Å².